The van der Waals surface area contributed by atoms with E-state index in [0.717, 1.165) is 5.56 Å². The van der Waals surface area contributed by atoms with Gasteiger partial charge in [-0.1, -0.05) is 37.3 Å². The third kappa shape index (κ3) is 5.30. The minimum Gasteiger partial charge on any atom is -0.449 e. The van der Waals surface area contributed by atoms with Crippen molar-refractivity contribution in [1.29, 1.82) is 0 Å². The summed E-state index contributed by atoms with van der Waals surface area (Å²) in [5.74, 6) is -0.00565. The fourth-order valence-electron chi connectivity index (χ4n) is 2.34. The van der Waals surface area contributed by atoms with E-state index in [-0.39, 0.29) is 23.8 Å². The van der Waals surface area contributed by atoms with Gasteiger partial charge in [0.1, 0.15) is 0 Å². The Balaban J connectivity index is 1.96. The summed E-state index contributed by atoms with van der Waals surface area (Å²) in [5.41, 5.74) is 7.62. The maximum Gasteiger partial charge on any atom is 0.411 e. The van der Waals surface area contributed by atoms with Gasteiger partial charge in [0.05, 0.1) is 17.3 Å². The van der Waals surface area contributed by atoms with Gasteiger partial charge in [0.25, 0.3) is 0 Å². The van der Waals surface area contributed by atoms with Crippen LogP contribution in [0.15, 0.2) is 53.4 Å². The molecule has 0 saturated carbocycles. The standard InChI is InChI=1S/C18H22N2O4S/c1-2-25(22,23)17-9-8-16(12-15(17)13-19)20-18(21)24-11-10-14-6-4-3-5-7-14/h3-9,12H,2,10-11,13,19H2,1H3,(H,20,21). The highest BCUT2D eigenvalue weighted by Gasteiger charge is 2.16. The fraction of sp³-hybridized carbons (Fsp3) is 0.278. The number of sulfone groups is 1. The van der Waals surface area contributed by atoms with Gasteiger partial charge in [-0.25, -0.2) is 13.2 Å². The van der Waals surface area contributed by atoms with Gasteiger partial charge < -0.3 is 10.5 Å². The molecule has 0 radical (unpaired) electrons. The zero-order valence-electron chi connectivity index (χ0n) is 14.1. The van der Waals surface area contributed by atoms with Crippen molar-refractivity contribution in [3.63, 3.8) is 0 Å². The van der Waals surface area contributed by atoms with Gasteiger partial charge in [-0.3, -0.25) is 5.32 Å². The Hall–Kier alpha value is -2.38. The summed E-state index contributed by atoms with van der Waals surface area (Å²) in [6, 6.07) is 14.2. The lowest BCUT2D eigenvalue weighted by molar-refractivity contribution is 0.163. The van der Waals surface area contributed by atoms with E-state index in [0.29, 0.717) is 17.7 Å². The van der Waals surface area contributed by atoms with E-state index in [9.17, 15) is 13.2 Å². The number of hydrogen-bond acceptors (Lipinski definition) is 5. The molecule has 0 aliphatic heterocycles. The molecule has 2 aromatic rings. The highest BCUT2D eigenvalue weighted by molar-refractivity contribution is 7.91. The summed E-state index contributed by atoms with van der Waals surface area (Å²) in [6.45, 7) is 1.89. The minimum absolute atomic E-state index is 0.00565. The zero-order valence-corrected chi connectivity index (χ0v) is 14.9. The monoisotopic (exact) mass is 362 g/mol. The van der Waals surface area contributed by atoms with E-state index in [1.54, 1.807) is 13.0 Å². The largest absolute Gasteiger partial charge is 0.449 e. The van der Waals surface area contributed by atoms with Crippen LogP contribution in [-0.2, 0) is 27.5 Å². The van der Waals surface area contributed by atoms with E-state index < -0.39 is 15.9 Å². The van der Waals surface area contributed by atoms with Gasteiger partial charge >= 0.3 is 6.09 Å². The molecule has 0 heterocycles. The second-order valence-electron chi connectivity index (χ2n) is 5.43. The highest BCUT2D eigenvalue weighted by atomic mass is 32.2. The van der Waals surface area contributed by atoms with Gasteiger partial charge in [-0.15, -0.1) is 0 Å². The summed E-state index contributed by atoms with van der Waals surface area (Å²) in [7, 11) is -3.35. The van der Waals surface area contributed by atoms with E-state index in [2.05, 4.69) is 5.32 Å². The SMILES string of the molecule is CCS(=O)(=O)c1ccc(NC(=O)OCCc2ccccc2)cc1CN. The summed E-state index contributed by atoms with van der Waals surface area (Å²) >= 11 is 0. The molecule has 0 aliphatic rings. The molecule has 0 unspecified atom stereocenters. The molecule has 0 atom stereocenters. The number of hydrogen-bond donors (Lipinski definition) is 2. The Bertz CT molecular complexity index is 820. The van der Waals surface area contributed by atoms with E-state index >= 15 is 0 Å². The van der Waals surface area contributed by atoms with Crippen LogP contribution in [0.1, 0.15) is 18.1 Å². The van der Waals surface area contributed by atoms with Crippen LogP contribution in [0.4, 0.5) is 10.5 Å². The smallest absolute Gasteiger partial charge is 0.411 e. The van der Waals surface area contributed by atoms with Crippen molar-refractivity contribution >= 4 is 21.6 Å². The Morgan fingerprint density at radius 2 is 1.88 bits per heavy atom. The average Bonchev–Trinajstić information content (AvgIpc) is 2.62. The second-order valence-corrected chi connectivity index (χ2v) is 7.67. The van der Waals surface area contributed by atoms with Crippen molar-refractivity contribution in [1.82, 2.24) is 0 Å². The van der Waals surface area contributed by atoms with Crippen molar-refractivity contribution in [2.24, 2.45) is 5.73 Å². The lowest BCUT2D eigenvalue weighted by Crippen LogP contribution is -2.16. The van der Waals surface area contributed by atoms with Crippen molar-refractivity contribution in [2.75, 3.05) is 17.7 Å². The first-order chi connectivity index (χ1) is 12.0. The van der Waals surface area contributed by atoms with Crippen LogP contribution in [0.2, 0.25) is 0 Å². The van der Waals surface area contributed by atoms with E-state index in [4.69, 9.17) is 10.5 Å². The van der Waals surface area contributed by atoms with Crippen LogP contribution in [0.5, 0.6) is 0 Å². The zero-order chi connectivity index (χ0) is 18.3. The van der Waals surface area contributed by atoms with Crippen LogP contribution in [-0.4, -0.2) is 26.9 Å². The molecule has 134 valence electrons. The maximum atomic E-state index is 12.0. The number of amides is 1. The predicted molar refractivity (Wildman–Crippen MR) is 97.2 cm³/mol. The third-order valence-electron chi connectivity index (χ3n) is 3.71. The van der Waals surface area contributed by atoms with Crippen LogP contribution in [0, 0.1) is 0 Å². The molecule has 0 aromatic heterocycles. The molecule has 0 saturated heterocycles. The van der Waals surface area contributed by atoms with E-state index in [1.807, 2.05) is 30.3 Å². The van der Waals surface area contributed by atoms with Crippen LogP contribution in [0.25, 0.3) is 0 Å². The quantitative estimate of drug-likeness (QED) is 0.789. The third-order valence-corrected chi connectivity index (χ3v) is 5.54. The predicted octanol–water partition coefficient (Wildman–Crippen LogP) is 2.73. The molecule has 2 rings (SSSR count). The maximum absolute atomic E-state index is 12.0. The topological polar surface area (TPSA) is 98.5 Å². The van der Waals surface area contributed by atoms with Gasteiger partial charge in [0.2, 0.25) is 0 Å². The molecule has 25 heavy (non-hydrogen) atoms. The second kappa shape index (κ2) is 8.64. The lowest BCUT2D eigenvalue weighted by Gasteiger charge is -2.11. The van der Waals surface area contributed by atoms with E-state index in [1.165, 1.54) is 12.1 Å². The molecule has 3 N–H and O–H groups in total. The Morgan fingerprint density at radius 1 is 1.16 bits per heavy atom. The lowest BCUT2D eigenvalue weighted by atomic mass is 10.2. The normalized spacial score (nSPS) is 11.1. The first-order valence-corrected chi connectivity index (χ1v) is 9.65. The van der Waals surface area contributed by atoms with Crippen LogP contribution in [0.3, 0.4) is 0 Å². The van der Waals surface area contributed by atoms with Crippen molar-refractivity contribution in [3.8, 4) is 0 Å². The average molecular weight is 362 g/mol. The number of rotatable bonds is 7. The van der Waals surface area contributed by atoms with Crippen LogP contribution < -0.4 is 11.1 Å². The number of carbonyl (C=O) groups excluding carboxylic acids is 1. The van der Waals surface area contributed by atoms with Gasteiger partial charge in [0.15, 0.2) is 9.84 Å². The molecule has 1 amide bonds. The molecule has 2 aromatic carbocycles. The Morgan fingerprint density at radius 3 is 2.52 bits per heavy atom. The van der Waals surface area contributed by atoms with Crippen molar-refractivity contribution < 1.29 is 17.9 Å². The number of nitrogens with one attached hydrogen (secondary N) is 1. The molecule has 0 spiro atoms. The van der Waals surface area contributed by atoms with Gasteiger partial charge in [-0.05, 0) is 29.3 Å². The summed E-state index contributed by atoms with van der Waals surface area (Å²) in [6.07, 6.45) is 0.0284. The number of anilines is 1. The summed E-state index contributed by atoms with van der Waals surface area (Å²) < 4.78 is 29.2. The first-order valence-electron chi connectivity index (χ1n) is 7.99. The Kier molecular flexibility index (Phi) is 6.55. The van der Waals surface area contributed by atoms with Crippen molar-refractivity contribution in [3.05, 3.63) is 59.7 Å². The highest BCUT2D eigenvalue weighted by Crippen LogP contribution is 2.21. The molecule has 7 heteroatoms. The fourth-order valence-corrected chi connectivity index (χ4v) is 3.46. The summed E-state index contributed by atoms with van der Waals surface area (Å²) in [5, 5.41) is 2.59. The van der Waals surface area contributed by atoms with Crippen LogP contribution >= 0.6 is 0 Å². The molecule has 0 fully saturated rings. The minimum atomic E-state index is -3.35. The molecule has 0 aliphatic carbocycles. The number of benzene rings is 2. The van der Waals surface area contributed by atoms with Gasteiger partial charge in [-0.2, -0.15) is 0 Å². The molecular weight excluding hydrogens is 340 g/mol. The summed E-state index contributed by atoms with van der Waals surface area (Å²) in [4.78, 5) is 12.1. The Labute approximate surface area is 147 Å². The van der Waals surface area contributed by atoms with Crippen molar-refractivity contribution in [2.45, 2.75) is 24.8 Å². The first kappa shape index (κ1) is 19.0. The number of ether oxygens (including phenoxy) is 1. The number of nitrogens with two attached hydrogens (primary N) is 1. The number of carbonyl (C=O) groups is 1. The molecule has 0 bridgehead atoms. The molecule has 6 nitrogen and oxygen atoms in total. The van der Waals surface area contributed by atoms with Gasteiger partial charge in [0, 0.05) is 18.7 Å². The molecular formula is C18H22N2O4S.